The van der Waals surface area contributed by atoms with Gasteiger partial charge in [0.15, 0.2) is 0 Å². The van der Waals surface area contributed by atoms with Gasteiger partial charge in [0.1, 0.15) is 0 Å². The van der Waals surface area contributed by atoms with Gasteiger partial charge in [-0.25, -0.2) is 0 Å². The highest BCUT2D eigenvalue weighted by Crippen LogP contribution is 2.70. The lowest BCUT2D eigenvalue weighted by Gasteiger charge is -2.32. The lowest BCUT2D eigenvalue weighted by molar-refractivity contribution is -0.104. The third-order valence-corrected chi connectivity index (χ3v) is 7.33. The number of rotatable bonds is 4. The Morgan fingerprint density at radius 3 is 2.47 bits per heavy atom. The molecule has 0 radical (unpaired) electrons. The second-order valence-electron chi connectivity index (χ2n) is 4.32. The predicted molar refractivity (Wildman–Crippen MR) is 59.2 cm³/mol. The second-order valence-corrected chi connectivity index (χ2v) is 8.64. The number of hydrogen-bond acceptors (Lipinski definition) is 4. The number of hydrogen-bond donors (Lipinski definition) is 2. The average molecular weight is 272 g/mol. The minimum Gasteiger partial charge on any atom is -0.343 e. The molecule has 2 bridgehead atoms. The fourth-order valence-electron chi connectivity index (χ4n) is 2.72. The van der Waals surface area contributed by atoms with Crippen molar-refractivity contribution in [3.63, 3.8) is 0 Å². The molecule has 0 aromatic carbocycles. The van der Waals surface area contributed by atoms with Crippen molar-refractivity contribution in [1.82, 2.24) is 0 Å². The molecule has 5 nitrogen and oxygen atoms in total. The molecular formula is C7H14O5P2S. The summed E-state index contributed by atoms with van der Waals surface area (Å²) in [6.45, 7) is -3.11. The first-order valence-corrected chi connectivity index (χ1v) is 8.81. The lowest BCUT2D eigenvalue weighted by Crippen LogP contribution is -2.23. The average Bonchev–Trinajstić information content (AvgIpc) is 2.76. The first kappa shape index (κ1) is 12.2. The minimum absolute atomic E-state index is 0.357. The molecule has 0 saturated heterocycles. The molecule has 0 heterocycles. The molecule has 2 rings (SSSR count). The summed E-state index contributed by atoms with van der Waals surface area (Å²) in [4.78, 5) is 18.6. The van der Waals surface area contributed by atoms with E-state index in [9.17, 15) is 9.46 Å². The van der Waals surface area contributed by atoms with E-state index in [1.54, 1.807) is 0 Å². The van der Waals surface area contributed by atoms with Gasteiger partial charge in [-0.1, -0.05) is 0 Å². The summed E-state index contributed by atoms with van der Waals surface area (Å²) in [5.41, 5.74) is 0. The van der Waals surface area contributed by atoms with Crippen LogP contribution in [0.3, 0.4) is 0 Å². The van der Waals surface area contributed by atoms with Crippen LogP contribution in [0, 0.1) is 5.92 Å². The molecule has 2 aliphatic carbocycles. The number of fused-ring (bicyclic) bond motifs is 2. The molecule has 0 amide bonds. The first-order valence-electron chi connectivity index (χ1n) is 4.87. The molecule has 2 fully saturated rings. The highest BCUT2D eigenvalue weighted by atomic mass is 32.5. The van der Waals surface area contributed by atoms with Crippen LogP contribution in [0.25, 0.3) is 0 Å². The van der Waals surface area contributed by atoms with E-state index in [-0.39, 0.29) is 5.16 Å². The Balaban J connectivity index is 2.08. The van der Waals surface area contributed by atoms with Gasteiger partial charge in [0, 0.05) is 5.16 Å². The Kier molecular flexibility index (Phi) is 3.40. The van der Waals surface area contributed by atoms with Gasteiger partial charge < -0.3 is 9.79 Å². The van der Waals surface area contributed by atoms with Crippen molar-refractivity contribution in [2.24, 2.45) is 5.92 Å². The maximum absolute atomic E-state index is 10.4. The van der Waals surface area contributed by atoms with Gasteiger partial charge in [0.25, 0.3) is 0 Å². The highest BCUT2D eigenvalue weighted by molar-refractivity contribution is 8.10. The summed E-state index contributed by atoms with van der Waals surface area (Å²) in [5.74, 6) is 0.634. The third kappa shape index (κ3) is 2.22. The van der Waals surface area contributed by atoms with Crippen molar-refractivity contribution in [2.45, 2.75) is 37.3 Å². The summed E-state index contributed by atoms with van der Waals surface area (Å²) in [6, 6.07) is 0. The van der Waals surface area contributed by atoms with E-state index in [0.717, 1.165) is 32.1 Å². The zero-order valence-electron chi connectivity index (χ0n) is 8.09. The largest absolute Gasteiger partial charge is 0.345 e. The van der Waals surface area contributed by atoms with Crippen molar-refractivity contribution in [3.8, 4) is 0 Å². The molecule has 0 aliphatic heterocycles. The fraction of sp³-hybridized carbons (Fsp3) is 1.00. The predicted octanol–water partition coefficient (Wildman–Crippen LogP) is 1.95. The molecule has 0 spiro atoms. The van der Waals surface area contributed by atoms with Crippen LogP contribution in [0.15, 0.2) is 0 Å². The van der Waals surface area contributed by atoms with E-state index in [2.05, 4.69) is 9.35 Å². The molecule has 15 heavy (non-hydrogen) atoms. The topological polar surface area (TPSA) is 76.0 Å². The quantitative estimate of drug-likeness (QED) is 0.463. The first-order chi connectivity index (χ1) is 6.95. The normalized spacial score (nSPS) is 40.3. The lowest BCUT2D eigenvalue weighted by atomic mass is 10.0. The van der Waals surface area contributed by atoms with Crippen LogP contribution in [0.2, 0.25) is 0 Å². The van der Waals surface area contributed by atoms with Gasteiger partial charge in [0.05, 0.1) is 0 Å². The fourth-order valence-corrected chi connectivity index (χ4v) is 5.89. The molecule has 2 unspecified atom stereocenters. The minimum atomic E-state index is -3.19. The molecule has 0 aromatic heterocycles. The van der Waals surface area contributed by atoms with Gasteiger partial charge in [-0.3, -0.25) is 4.57 Å². The van der Waals surface area contributed by atoms with Crippen LogP contribution < -0.4 is 0 Å². The molecule has 8 heteroatoms. The van der Waals surface area contributed by atoms with Gasteiger partial charge in [0.2, 0.25) is 6.49 Å². The molecule has 2 aliphatic rings. The Labute approximate surface area is 93.8 Å². The van der Waals surface area contributed by atoms with Crippen molar-refractivity contribution in [3.05, 3.63) is 0 Å². The zero-order valence-corrected chi connectivity index (χ0v) is 10.8. The standard InChI is InChI=1S/C7H14O5P2S/c8-13(9)11-12-14(10,15)7-3-1-6(5-7)2-4-7/h6,13H,1-5H2,(H,8,9)(H,10,15). The van der Waals surface area contributed by atoms with Crippen molar-refractivity contribution < 1.29 is 23.7 Å². The van der Waals surface area contributed by atoms with Gasteiger partial charge >= 0.3 is 8.25 Å². The molecular weight excluding hydrogens is 258 g/mol. The Hall–Kier alpha value is 0.720. The van der Waals surface area contributed by atoms with Crippen LogP contribution in [0.1, 0.15) is 32.1 Å². The zero-order chi connectivity index (χ0) is 11.1. The van der Waals surface area contributed by atoms with E-state index >= 15 is 0 Å². The van der Waals surface area contributed by atoms with Gasteiger partial charge in [-0.2, -0.15) is 4.67 Å². The maximum Gasteiger partial charge on any atom is 0.345 e. The Morgan fingerprint density at radius 1 is 1.47 bits per heavy atom. The van der Waals surface area contributed by atoms with Crippen molar-refractivity contribution in [2.75, 3.05) is 0 Å². The molecule has 2 saturated carbocycles. The Morgan fingerprint density at radius 2 is 2.07 bits per heavy atom. The van der Waals surface area contributed by atoms with Crippen LogP contribution in [0.4, 0.5) is 0 Å². The van der Waals surface area contributed by atoms with E-state index in [1.165, 1.54) is 0 Å². The molecule has 2 N–H and O–H groups in total. The van der Waals surface area contributed by atoms with Crippen molar-refractivity contribution in [1.29, 1.82) is 0 Å². The molecule has 0 aromatic rings. The summed E-state index contributed by atoms with van der Waals surface area (Å²) < 4.78 is 19.2. The SMILES string of the molecule is O=[PH](O)OOP(O)(=S)C12CCC(CC1)C2. The van der Waals surface area contributed by atoms with E-state index in [4.69, 9.17) is 16.7 Å². The summed E-state index contributed by atoms with van der Waals surface area (Å²) >= 11 is 5.05. The van der Waals surface area contributed by atoms with Gasteiger partial charge in [-0.15, -0.1) is 4.67 Å². The van der Waals surface area contributed by atoms with E-state index in [0.29, 0.717) is 5.92 Å². The van der Waals surface area contributed by atoms with Crippen LogP contribution >= 0.6 is 14.7 Å². The van der Waals surface area contributed by atoms with E-state index in [1.807, 2.05) is 0 Å². The summed E-state index contributed by atoms with van der Waals surface area (Å²) in [6.07, 6.45) is 4.70. The molecule has 88 valence electrons. The summed E-state index contributed by atoms with van der Waals surface area (Å²) in [5, 5.41) is -0.357. The van der Waals surface area contributed by atoms with Crippen LogP contribution in [0.5, 0.6) is 0 Å². The van der Waals surface area contributed by atoms with Crippen LogP contribution in [-0.2, 0) is 25.7 Å². The summed E-state index contributed by atoms with van der Waals surface area (Å²) in [7, 11) is -3.19. The van der Waals surface area contributed by atoms with E-state index < -0.39 is 14.7 Å². The maximum atomic E-state index is 10.4. The second kappa shape index (κ2) is 4.19. The van der Waals surface area contributed by atoms with Crippen molar-refractivity contribution >= 4 is 26.6 Å². The molecule has 2 atom stereocenters. The van der Waals surface area contributed by atoms with Gasteiger partial charge in [-0.05, 0) is 49.8 Å². The third-order valence-electron chi connectivity index (χ3n) is 3.51. The smallest absolute Gasteiger partial charge is 0.343 e. The monoisotopic (exact) mass is 272 g/mol. The Bertz CT molecular complexity index is 325. The highest BCUT2D eigenvalue weighted by Gasteiger charge is 2.54. The van der Waals surface area contributed by atoms with Crippen LogP contribution in [-0.4, -0.2) is 14.9 Å².